The Kier molecular flexibility index (Phi) is 8.23. The summed E-state index contributed by atoms with van der Waals surface area (Å²) in [7, 11) is -3.44. The van der Waals surface area contributed by atoms with Gasteiger partial charge in [-0.25, -0.2) is 12.7 Å². The number of amides is 2. The maximum atomic E-state index is 13.0. The SMILES string of the molecule is NCCNC(=O)Cc1ccc(CCS(=O)(=O)N2CCC3(CC2)N=C(C2CCCCC2)NC3=O)cc1. The fourth-order valence-electron chi connectivity index (χ4n) is 5.24. The van der Waals surface area contributed by atoms with Crippen LogP contribution in [0.5, 0.6) is 0 Å². The average Bonchev–Trinajstić information content (AvgIpc) is 3.18. The number of hydrogen-bond donors (Lipinski definition) is 3. The fourth-order valence-corrected chi connectivity index (χ4v) is 6.73. The first-order valence-electron chi connectivity index (χ1n) is 12.7. The Bertz CT molecular complexity index is 1040. The summed E-state index contributed by atoms with van der Waals surface area (Å²) in [5.74, 6) is 1.03. The topological polar surface area (TPSA) is 134 Å². The Hall–Kier alpha value is -2.30. The van der Waals surface area contributed by atoms with Crippen molar-refractivity contribution >= 4 is 27.7 Å². The van der Waals surface area contributed by atoms with Gasteiger partial charge in [-0.1, -0.05) is 43.5 Å². The largest absolute Gasteiger partial charge is 0.355 e. The number of hydrogen-bond acceptors (Lipinski definition) is 6. The molecule has 2 heterocycles. The van der Waals surface area contributed by atoms with Crippen molar-refractivity contribution in [3.8, 4) is 0 Å². The Morgan fingerprint density at radius 3 is 2.43 bits per heavy atom. The highest BCUT2D eigenvalue weighted by Gasteiger charge is 2.48. The van der Waals surface area contributed by atoms with Gasteiger partial charge < -0.3 is 16.4 Å². The van der Waals surface area contributed by atoms with Crippen LogP contribution in [0, 0.1) is 5.92 Å². The summed E-state index contributed by atoms with van der Waals surface area (Å²) in [6.07, 6.45) is 7.24. The van der Waals surface area contributed by atoms with Crippen molar-refractivity contribution < 1.29 is 18.0 Å². The minimum Gasteiger partial charge on any atom is -0.355 e. The number of sulfonamides is 1. The summed E-state index contributed by atoms with van der Waals surface area (Å²) < 4.78 is 27.5. The molecule has 9 nitrogen and oxygen atoms in total. The Labute approximate surface area is 208 Å². The highest BCUT2D eigenvalue weighted by Crippen LogP contribution is 2.34. The lowest BCUT2D eigenvalue weighted by atomic mass is 9.88. The Morgan fingerprint density at radius 1 is 1.11 bits per heavy atom. The van der Waals surface area contributed by atoms with Crippen molar-refractivity contribution in [2.45, 2.75) is 63.3 Å². The van der Waals surface area contributed by atoms with Crippen LogP contribution < -0.4 is 16.4 Å². The maximum Gasteiger partial charge on any atom is 0.253 e. The maximum absolute atomic E-state index is 13.0. The molecule has 35 heavy (non-hydrogen) atoms. The van der Waals surface area contributed by atoms with E-state index in [1.165, 1.54) is 23.6 Å². The van der Waals surface area contributed by atoms with Crippen LogP contribution in [0.2, 0.25) is 0 Å². The normalized spacial score (nSPS) is 21.1. The van der Waals surface area contributed by atoms with Crippen LogP contribution in [0.15, 0.2) is 29.3 Å². The van der Waals surface area contributed by atoms with Crippen molar-refractivity contribution in [2.75, 3.05) is 31.9 Å². The second-order valence-electron chi connectivity index (χ2n) is 9.91. The summed E-state index contributed by atoms with van der Waals surface area (Å²) in [5.41, 5.74) is 6.37. The average molecular weight is 504 g/mol. The fraction of sp³-hybridized carbons (Fsp3) is 0.640. The van der Waals surface area contributed by atoms with Crippen LogP contribution in [0.4, 0.5) is 0 Å². The minimum atomic E-state index is -3.44. The van der Waals surface area contributed by atoms with Crippen LogP contribution in [-0.4, -0.2) is 67.8 Å². The van der Waals surface area contributed by atoms with Crippen molar-refractivity contribution in [1.29, 1.82) is 0 Å². The second kappa shape index (κ2) is 11.2. The molecular weight excluding hydrogens is 466 g/mol. The standard InChI is InChI=1S/C25H37N5O4S/c26-13-14-27-22(31)18-20-8-6-19(7-9-20)10-17-35(33,34)30-15-11-25(12-16-30)24(32)28-23(29-25)21-4-2-1-3-5-21/h6-9,21H,1-5,10-18,26H2,(H,27,31)(H,28,29,32). The predicted molar refractivity (Wildman–Crippen MR) is 135 cm³/mol. The first kappa shape index (κ1) is 25.8. The highest BCUT2D eigenvalue weighted by molar-refractivity contribution is 7.89. The number of rotatable bonds is 9. The van der Waals surface area contributed by atoms with Gasteiger partial charge in [-0.3, -0.25) is 14.6 Å². The van der Waals surface area contributed by atoms with E-state index in [1.54, 1.807) is 0 Å². The number of nitrogens with zero attached hydrogens (tertiary/aromatic N) is 2. The van der Waals surface area contributed by atoms with Gasteiger partial charge in [-0.2, -0.15) is 0 Å². The third-order valence-corrected chi connectivity index (χ3v) is 9.31. The van der Waals surface area contributed by atoms with Gasteiger partial charge in [0, 0.05) is 32.1 Å². The zero-order valence-electron chi connectivity index (χ0n) is 20.3. The molecule has 1 aromatic carbocycles. The molecule has 4 rings (SSSR count). The van der Waals surface area contributed by atoms with Gasteiger partial charge >= 0.3 is 0 Å². The molecule has 0 radical (unpaired) electrons. The molecule has 1 aromatic rings. The zero-order valence-corrected chi connectivity index (χ0v) is 21.1. The molecule has 4 N–H and O–H groups in total. The lowest BCUT2D eigenvalue weighted by Crippen LogP contribution is -2.51. The number of piperidine rings is 1. The number of carbonyl (C=O) groups excluding carboxylic acids is 2. The van der Waals surface area contributed by atoms with Gasteiger partial charge in [0.1, 0.15) is 11.4 Å². The Morgan fingerprint density at radius 2 is 1.77 bits per heavy atom. The van der Waals surface area contributed by atoms with Gasteiger partial charge in [0.15, 0.2) is 0 Å². The molecule has 10 heteroatoms. The van der Waals surface area contributed by atoms with Crippen molar-refractivity contribution in [1.82, 2.24) is 14.9 Å². The van der Waals surface area contributed by atoms with E-state index in [0.29, 0.717) is 51.4 Å². The zero-order chi connectivity index (χ0) is 24.9. The lowest BCUT2D eigenvalue weighted by molar-refractivity contribution is -0.125. The molecule has 1 saturated heterocycles. The monoisotopic (exact) mass is 503 g/mol. The quantitative estimate of drug-likeness (QED) is 0.464. The van der Waals surface area contributed by atoms with Crippen LogP contribution in [-0.2, 0) is 32.5 Å². The van der Waals surface area contributed by atoms with Gasteiger partial charge in [0.2, 0.25) is 15.9 Å². The van der Waals surface area contributed by atoms with E-state index in [2.05, 4.69) is 10.6 Å². The number of benzene rings is 1. The molecule has 0 aromatic heterocycles. The van der Waals surface area contributed by atoms with Gasteiger partial charge in [-0.05, 0) is 43.2 Å². The van der Waals surface area contributed by atoms with Gasteiger partial charge in [-0.15, -0.1) is 0 Å². The second-order valence-corrected chi connectivity index (χ2v) is 12.0. The number of nitrogens with one attached hydrogen (secondary N) is 2. The number of amidine groups is 1. The van der Waals surface area contributed by atoms with Crippen molar-refractivity contribution in [3.05, 3.63) is 35.4 Å². The molecule has 0 unspecified atom stereocenters. The van der Waals surface area contributed by atoms with Crippen LogP contribution in [0.1, 0.15) is 56.1 Å². The molecule has 3 aliphatic rings. The van der Waals surface area contributed by atoms with Crippen molar-refractivity contribution in [2.24, 2.45) is 16.6 Å². The summed E-state index contributed by atoms with van der Waals surface area (Å²) in [4.78, 5) is 29.4. The van der Waals surface area contributed by atoms with E-state index < -0.39 is 15.6 Å². The van der Waals surface area contributed by atoms with E-state index in [1.807, 2.05) is 24.3 Å². The molecule has 192 valence electrons. The van der Waals surface area contributed by atoms with Crippen LogP contribution in [0.25, 0.3) is 0 Å². The minimum absolute atomic E-state index is 0.0130. The van der Waals surface area contributed by atoms with Gasteiger partial charge in [0.25, 0.3) is 5.91 Å². The number of aliphatic imine (C=N–C) groups is 1. The van der Waals surface area contributed by atoms with E-state index in [-0.39, 0.29) is 24.0 Å². The summed E-state index contributed by atoms with van der Waals surface area (Å²) in [6, 6.07) is 7.46. The third kappa shape index (κ3) is 6.29. The number of nitrogens with two attached hydrogens (primary N) is 1. The van der Waals surface area contributed by atoms with Crippen molar-refractivity contribution in [3.63, 3.8) is 0 Å². The number of aryl methyl sites for hydroxylation is 1. The smallest absolute Gasteiger partial charge is 0.253 e. The molecule has 0 bridgehead atoms. The van der Waals surface area contributed by atoms with E-state index in [0.717, 1.165) is 29.8 Å². The highest BCUT2D eigenvalue weighted by atomic mass is 32.2. The molecular formula is C25H37N5O4S. The first-order chi connectivity index (χ1) is 16.8. The third-order valence-electron chi connectivity index (χ3n) is 7.44. The van der Waals surface area contributed by atoms with Crippen LogP contribution in [0.3, 0.4) is 0 Å². The van der Waals surface area contributed by atoms with E-state index >= 15 is 0 Å². The predicted octanol–water partition coefficient (Wildman–Crippen LogP) is 1.12. The summed E-state index contributed by atoms with van der Waals surface area (Å²) in [5, 5.41) is 5.76. The molecule has 1 saturated carbocycles. The molecule has 2 fully saturated rings. The first-order valence-corrected chi connectivity index (χ1v) is 14.4. The van der Waals surface area contributed by atoms with Crippen LogP contribution >= 0.6 is 0 Å². The molecule has 2 aliphatic heterocycles. The number of carbonyl (C=O) groups is 2. The lowest BCUT2D eigenvalue weighted by Gasteiger charge is -2.34. The van der Waals surface area contributed by atoms with E-state index in [4.69, 9.17) is 10.7 Å². The molecule has 1 spiro atoms. The Balaban J connectivity index is 1.28. The molecule has 2 amide bonds. The molecule has 1 aliphatic carbocycles. The van der Waals surface area contributed by atoms with E-state index in [9.17, 15) is 18.0 Å². The summed E-state index contributed by atoms with van der Waals surface area (Å²) >= 11 is 0. The summed E-state index contributed by atoms with van der Waals surface area (Å²) in [6.45, 7) is 1.48. The molecule has 0 atom stereocenters. The van der Waals surface area contributed by atoms with Gasteiger partial charge in [0.05, 0.1) is 12.2 Å².